The molecule has 104 valence electrons. The summed E-state index contributed by atoms with van der Waals surface area (Å²) in [5.74, 6) is -0.326. The molecule has 0 aliphatic carbocycles. The van der Waals surface area contributed by atoms with Gasteiger partial charge in [-0.2, -0.15) is 0 Å². The van der Waals surface area contributed by atoms with Gasteiger partial charge in [-0.3, -0.25) is 4.79 Å². The maximum absolute atomic E-state index is 12.3. The first-order valence-corrected chi connectivity index (χ1v) is 6.73. The first kappa shape index (κ1) is 14.3. The SMILES string of the molecule is CC(C(=O)N[C@@H](CO)c1ccccc1)c1ccccc1. The molecule has 3 nitrogen and oxygen atoms in total. The Morgan fingerprint density at radius 3 is 2.00 bits per heavy atom. The van der Waals surface area contributed by atoms with E-state index in [1.807, 2.05) is 67.6 Å². The Morgan fingerprint density at radius 2 is 1.50 bits per heavy atom. The number of aliphatic hydroxyl groups is 1. The quantitative estimate of drug-likeness (QED) is 0.876. The second-order valence-corrected chi connectivity index (χ2v) is 4.79. The number of carbonyl (C=O) groups excluding carboxylic acids is 1. The van der Waals surface area contributed by atoms with Gasteiger partial charge in [0.15, 0.2) is 0 Å². The van der Waals surface area contributed by atoms with E-state index < -0.39 is 0 Å². The molecule has 20 heavy (non-hydrogen) atoms. The molecule has 3 heteroatoms. The molecule has 0 saturated heterocycles. The summed E-state index contributed by atoms with van der Waals surface area (Å²) >= 11 is 0. The molecule has 2 aromatic carbocycles. The average molecular weight is 269 g/mol. The van der Waals surface area contributed by atoms with Crippen LogP contribution in [-0.4, -0.2) is 17.6 Å². The molecular weight excluding hydrogens is 250 g/mol. The molecule has 1 amide bonds. The van der Waals surface area contributed by atoms with E-state index in [2.05, 4.69) is 5.32 Å². The molecule has 0 fully saturated rings. The Hall–Kier alpha value is -2.13. The zero-order chi connectivity index (χ0) is 14.4. The van der Waals surface area contributed by atoms with Crippen LogP contribution >= 0.6 is 0 Å². The maximum Gasteiger partial charge on any atom is 0.227 e. The third-order valence-electron chi connectivity index (χ3n) is 3.39. The van der Waals surface area contributed by atoms with Gasteiger partial charge in [0.25, 0.3) is 0 Å². The van der Waals surface area contributed by atoms with Crippen LogP contribution in [-0.2, 0) is 4.79 Å². The lowest BCUT2D eigenvalue weighted by Gasteiger charge is -2.20. The van der Waals surface area contributed by atoms with Crippen molar-refractivity contribution in [3.05, 3.63) is 71.8 Å². The third-order valence-corrected chi connectivity index (χ3v) is 3.39. The highest BCUT2D eigenvalue weighted by atomic mass is 16.3. The van der Waals surface area contributed by atoms with Gasteiger partial charge in [0.2, 0.25) is 5.91 Å². The van der Waals surface area contributed by atoms with Crippen LogP contribution in [0.25, 0.3) is 0 Å². The average Bonchev–Trinajstić information content (AvgIpc) is 2.53. The van der Waals surface area contributed by atoms with Gasteiger partial charge in [0.05, 0.1) is 18.6 Å². The van der Waals surface area contributed by atoms with Crippen molar-refractivity contribution in [1.82, 2.24) is 5.32 Å². The van der Waals surface area contributed by atoms with Crippen molar-refractivity contribution in [2.45, 2.75) is 18.9 Å². The fourth-order valence-corrected chi connectivity index (χ4v) is 2.11. The van der Waals surface area contributed by atoms with Gasteiger partial charge in [0, 0.05) is 0 Å². The lowest BCUT2D eigenvalue weighted by atomic mass is 9.99. The van der Waals surface area contributed by atoms with E-state index in [4.69, 9.17) is 0 Å². The van der Waals surface area contributed by atoms with E-state index in [0.717, 1.165) is 11.1 Å². The summed E-state index contributed by atoms with van der Waals surface area (Å²) in [5.41, 5.74) is 1.87. The highest BCUT2D eigenvalue weighted by molar-refractivity contribution is 5.83. The van der Waals surface area contributed by atoms with E-state index in [-0.39, 0.29) is 24.5 Å². The summed E-state index contributed by atoms with van der Waals surface area (Å²) in [7, 11) is 0. The zero-order valence-electron chi connectivity index (χ0n) is 11.5. The van der Waals surface area contributed by atoms with E-state index in [9.17, 15) is 9.90 Å². The summed E-state index contributed by atoms with van der Waals surface area (Å²) in [6.07, 6.45) is 0. The molecule has 0 aromatic heterocycles. The molecule has 2 N–H and O–H groups in total. The monoisotopic (exact) mass is 269 g/mol. The minimum atomic E-state index is -0.366. The highest BCUT2D eigenvalue weighted by Gasteiger charge is 2.19. The maximum atomic E-state index is 12.3. The van der Waals surface area contributed by atoms with Gasteiger partial charge in [-0.05, 0) is 18.1 Å². The van der Waals surface area contributed by atoms with Crippen LogP contribution in [0.5, 0.6) is 0 Å². The number of nitrogens with one attached hydrogen (secondary N) is 1. The van der Waals surface area contributed by atoms with Gasteiger partial charge in [-0.25, -0.2) is 0 Å². The van der Waals surface area contributed by atoms with Crippen LogP contribution in [0.1, 0.15) is 30.0 Å². The Morgan fingerprint density at radius 1 is 1.00 bits per heavy atom. The molecule has 0 bridgehead atoms. The molecule has 0 aliphatic rings. The predicted octanol–water partition coefficient (Wildman–Crippen LogP) is 2.64. The van der Waals surface area contributed by atoms with Gasteiger partial charge in [-0.1, -0.05) is 60.7 Å². The third kappa shape index (κ3) is 3.45. The van der Waals surface area contributed by atoms with E-state index in [1.54, 1.807) is 0 Å². The molecule has 2 aromatic rings. The van der Waals surface area contributed by atoms with Crippen LogP contribution in [0.2, 0.25) is 0 Å². The van der Waals surface area contributed by atoms with Crippen molar-refractivity contribution in [1.29, 1.82) is 0 Å². The molecule has 0 heterocycles. The summed E-state index contributed by atoms with van der Waals surface area (Å²) < 4.78 is 0. The summed E-state index contributed by atoms with van der Waals surface area (Å²) in [6.45, 7) is 1.75. The molecule has 0 spiro atoms. The van der Waals surface area contributed by atoms with Crippen molar-refractivity contribution in [2.75, 3.05) is 6.61 Å². The van der Waals surface area contributed by atoms with E-state index >= 15 is 0 Å². The van der Waals surface area contributed by atoms with Crippen LogP contribution in [0.3, 0.4) is 0 Å². The Labute approximate surface area is 119 Å². The van der Waals surface area contributed by atoms with Crippen LogP contribution in [0.4, 0.5) is 0 Å². The Balaban J connectivity index is 2.06. The Kier molecular flexibility index (Phi) is 4.91. The summed E-state index contributed by atoms with van der Waals surface area (Å²) in [4.78, 5) is 12.3. The van der Waals surface area contributed by atoms with E-state index in [0.29, 0.717) is 0 Å². The number of hydrogen-bond acceptors (Lipinski definition) is 2. The standard InChI is InChI=1S/C17H19NO2/c1-13(14-8-4-2-5-9-14)17(20)18-16(12-19)15-10-6-3-7-11-15/h2-11,13,16,19H,12H2,1H3,(H,18,20)/t13?,16-/m0/s1. The fourth-order valence-electron chi connectivity index (χ4n) is 2.11. The van der Waals surface area contributed by atoms with Gasteiger partial charge >= 0.3 is 0 Å². The predicted molar refractivity (Wildman–Crippen MR) is 79.3 cm³/mol. The number of amides is 1. The topological polar surface area (TPSA) is 49.3 Å². The number of aliphatic hydroxyl groups excluding tert-OH is 1. The van der Waals surface area contributed by atoms with Crippen LogP contribution in [0, 0.1) is 0 Å². The van der Waals surface area contributed by atoms with Crippen LogP contribution < -0.4 is 5.32 Å². The molecule has 2 rings (SSSR count). The molecular formula is C17H19NO2. The van der Waals surface area contributed by atoms with E-state index in [1.165, 1.54) is 0 Å². The minimum Gasteiger partial charge on any atom is -0.394 e. The second-order valence-electron chi connectivity index (χ2n) is 4.79. The van der Waals surface area contributed by atoms with Crippen molar-refractivity contribution < 1.29 is 9.90 Å². The molecule has 0 saturated carbocycles. The van der Waals surface area contributed by atoms with Gasteiger partial charge in [0.1, 0.15) is 0 Å². The normalized spacial score (nSPS) is 13.5. The van der Waals surface area contributed by atoms with Gasteiger partial charge in [-0.15, -0.1) is 0 Å². The minimum absolute atomic E-state index is 0.0842. The smallest absolute Gasteiger partial charge is 0.227 e. The number of rotatable bonds is 5. The molecule has 1 unspecified atom stereocenters. The first-order chi connectivity index (χ1) is 9.72. The van der Waals surface area contributed by atoms with Gasteiger partial charge < -0.3 is 10.4 Å². The largest absolute Gasteiger partial charge is 0.394 e. The fraction of sp³-hybridized carbons (Fsp3) is 0.235. The first-order valence-electron chi connectivity index (χ1n) is 6.73. The number of benzene rings is 2. The summed E-state index contributed by atoms with van der Waals surface area (Å²) in [5, 5.41) is 12.4. The molecule has 2 atom stereocenters. The zero-order valence-corrected chi connectivity index (χ0v) is 11.5. The number of hydrogen-bond donors (Lipinski definition) is 2. The lowest BCUT2D eigenvalue weighted by Crippen LogP contribution is -2.33. The number of carbonyl (C=O) groups is 1. The molecule has 0 aliphatic heterocycles. The lowest BCUT2D eigenvalue weighted by molar-refractivity contribution is -0.123. The van der Waals surface area contributed by atoms with Crippen molar-refractivity contribution in [3.63, 3.8) is 0 Å². The second kappa shape index (κ2) is 6.87. The van der Waals surface area contributed by atoms with Crippen molar-refractivity contribution >= 4 is 5.91 Å². The highest BCUT2D eigenvalue weighted by Crippen LogP contribution is 2.18. The van der Waals surface area contributed by atoms with Crippen LogP contribution in [0.15, 0.2) is 60.7 Å². The van der Waals surface area contributed by atoms with Crippen molar-refractivity contribution in [3.8, 4) is 0 Å². The summed E-state index contributed by atoms with van der Waals surface area (Å²) in [6, 6.07) is 18.7. The van der Waals surface area contributed by atoms with Crippen molar-refractivity contribution in [2.24, 2.45) is 0 Å². The molecule has 0 radical (unpaired) electrons. The Bertz CT molecular complexity index is 539.